The second kappa shape index (κ2) is 10.7. The molecule has 0 amide bonds. The van der Waals surface area contributed by atoms with E-state index < -0.39 is 5.41 Å². The fourth-order valence-corrected chi connectivity index (χ4v) is 5.61. The summed E-state index contributed by atoms with van der Waals surface area (Å²) in [4.78, 5) is 12.4. The van der Waals surface area contributed by atoms with E-state index in [-0.39, 0.29) is 17.4 Å². The Balaban J connectivity index is 1.30. The minimum absolute atomic E-state index is 0.0333. The predicted molar refractivity (Wildman–Crippen MR) is 157 cm³/mol. The van der Waals surface area contributed by atoms with Crippen LogP contribution in [-0.4, -0.2) is 23.8 Å². The first-order chi connectivity index (χ1) is 18.7. The van der Waals surface area contributed by atoms with Crippen LogP contribution in [0.3, 0.4) is 0 Å². The summed E-state index contributed by atoms with van der Waals surface area (Å²) in [5, 5.41) is 7.95. The van der Waals surface area contributed by atoms with Crippen LogP contribution in [0.1, 0.15) is 63.8 Å². The van der Waals surface area contributed by atoms with Gasteiger partial charge in [0.15, 0.2) is 5.76 Å². The molecule has 1 fully saturated rings. The van der Waals surface area contributed by atoms with Crippen LogP contribution in [0.25, 0.3) is 22.5 Å². The summed E-state index contributed by atoms with van der Waals surface area (Å²) in [7, 11) is 0. The Morgan fingerprint density at radius 3 is 2.15 bits per heavy atom. The van der Waals surface area contributed by atoms with Crippen LogP contribution in [0.5, 0.6) is 0 Å². The number of anilines is 1. The number of carbonyl (C=O) groups is 1. The fourth-order valence-electron chi connectivity index (χ4n) is 5.61. The Morgan fingerprint density at radius 2 is 1.56 bits per heavy atom. The fraction of sp³-hybridized carbons (Fsp3) is 0.353. The quantitative estimate of drug-likeness (QED) is 0.213. The number of nitrogens with zero attached hydrogens (tertiary/aromatic N) is 1. The smallest absolute Gasteiger partial charge is 0.316 e. The maximum atomic E-state index is 12.4. The maximum absolute atomic E-state index is 12.4. The molecule has 1 heterocycles. The van der Waals surface area contributed by atoms with E-state index in [9.17, 15) is 4.79 Å². The number of carbonyl (C=O) groups excluding carboxylic acids is 1. The minimum atomic E-state index is -0.445. The second-order valence-corrected chi connectivity index (χ2v) is 11.4. The molecule has 0 bridgehead atoms. The van der Waals surface area contributed by atoms with Crippen LogP contribution in [0.2, 0.25) is 0 Å². The normalized spacial score (nSPS) is 15.0. The van der Waals surface area contributed by atoms with Crippen molar-refractivity contribution in [2.75, 3.05) is 11.9 Å². The molecule has 39 heavy (non-hydrogen) atoms. The average molecular weight is 523 g/mol. The first-order valence-corrected chi connectivity index (χ1v) is 13.9. The lowest BCUT2D eigenvalue weighted by Gasteiger charge is -2.29. The maximum Gasteiger partial charge on any atom is 0.316 e. The van der Waals surface area contributed by atoms with Crippen molar-refractivity contribution in [2.45, 2.75) is 70.8 Å². The largest absolute Gasteiger partial charge is 0.465 e. The molecule has 1 atom stereocenters. The molecule has 5 rings (SSSR count). The zero-order valence-corrected chi connectivity index (χ0v) is 23.6. The molecular formula is C34H38N2O3. The van der Waals surface area contributed by atoms with Crippen molar-refractivity contribution >= 4 is 11.7 Å². The topological polar surface area (TPSA) is 64.4 Å². The van der Waals surface area contributed by atoms with E-state index in [1.807, 2.05) is 13.8 Å². The van der Waals surface area contributed by atoms with Crippen molar-refractivity contribution in [3.63, 3.8) is 0 Å². The lowest BCUT2D eigenvalue weighted by molar-refractivity contribution is -0.146. The van der Waals surface area contributed by atoms with Crippen molar-refractivity contribution in [3.8, 4) is 22.5 Å². The van der Waals surface area contributed by atoms with Crippen molar-refractivity contribution < 1.29 is 14.1 Å². The Bertz CT molecular complexity index is 1420. The molecule has 0 spiro atoms. The summed E-state index contributed by atoms with van der Waals surface area (Å²) in [6.45, 7) is 11.0. The number of aromatic nitrogens is 1. The molecule has 202 valence electrons. The van der Waals surface area contributed by atoms with Gasteiger partial charge in [0.25, 0.3) is 0 Å². The summed E-state index contributed by atoms with van der Waals surface area (Å²) in [5.74, 6) is 0.649. The molecule has 3 aromatic carbocycles. The number of esters is 1. The number of aryl methyl sites for hydroxylation is 1. The summed E-state index contributed by atoms with van der Waals surface area (Å²) in [6, 6.07) is 27.5. The third-order valence-corrected chi connectivity index (χ3v) is 7.96. The van der Waals surface area contributed by atoms with E-state index in [0.29, 0.717) is 6.61 Å². The highest BCUT2D eigenvalue weighted by atomic mass is 16.5. The minimum Gasteiger partial charge on any atom is -0.465 e. The van der Waals surface area contributed by atoms with Gasteiger partial charge in [0.05, 0.1) is 12.0 Å². The van der Waals surface area contributed by atoms with Gasteiger partial charge in [-0.05, 0) is 67.7 Å². The van der Waals surface area contributed by atoms with Gasteiger partial charge in [-0.3, -0.25) is 4.79 Å². The molecule has 1 aliphatic rings. The van der Waals surface area contributed by atoms with E-state index in [0.717, 1.165) is 58.7 Å². The molecule has 5 heteroatoms. The molecule has 0 saturated heterocycles. The molecule has 1 saturated carbocycles. The predicted octanol–water partition coefficient (Wildman–Crippen LogP) is 8.08. The Kier molecular flexibility index (Phi) is 7.35. The van der Waals surface area contributed by atoms with Crippen molar-refractivity contribution in [1.82, 2.24) is 5.16 Å². The van der Waals surface area contributed by atoms with E-state index in [1.165, 1.54) is 5.56 Å². The first-order valence-electron chi connectivity index (χ1n) is 13.9. The van der Waals surface area contributed by atoms with E-state index in [4.69, 9.17) is 9.26 Å². The molecule has 0 aliphatic heterocycles. The zero-order valence-electron chi connectivity index (χ0n) is 23.6. The van der Waals surface area contributed by atoms with Crippen LogP contribution in [0.15, 0.2) is 83.4 Å². The second-order valence-electron chi connectivity index (χ2n) is 11.4. The summed E-state index contributed by atoms with van der Waals surface area (Å²) in [5.41, 5.74) is 6.94. The highest BCUT2D eigenvalue weighted by Gasteiger charge is 2.52. The van der Waals surface area contributed by atoms with Gasteiger partial charge in [0.2, 0.25) is 0 Å². The van der Waals surface area contributed by atoms with Gasteiger partial charge in [-0.15, -0.1) is 0 Å². The summed E-state index contributed by atoms with van der Waals surface area (Å²) < 4.78 is 11.1. The van der Waals surface area contributed by atoms with E-state index in [1.54, 1.807) is 0 Å². The Hall–Kier alpha value is -3.86. The average Bonchev–Trinajstić information content (AvgIpc) is 3.68. The zero-order chi connectivity index (χ0) is 27.6. The molecular weight excluding hydrogens is 484 g/mol. The Morgan fingerprint density at radius 1 is 0.974 bits per heavy atom. The lowest BCUT2D eigenvalue weighted by atomic mass is 9.79. The number of ether oxygens (including phenoxy) is 1. The third-order valence-electron chi connectivity index (χ3n) is 7.96. The molecule has 5 nitrogen and oxygen atoms in total. The van der Waals surface area contributed by atoms with Gasteiger partial charge < -0.3 is 14.6 Å². The van der Waals surface area contributed by atoms with Gasteiger partial charge in [0.1, 0.15) is 11.4 Å². The number of hydrogen-bond acceptors (Lipinski definition) is 5. The number of rotatable bonds is 10. The van der Waals surface area contributed by atoms with Gasteiger partial charge >= 0.3 is 5.97 Å². The van der Waals surface area contributed by atoms with Crippen molar-refractivity contribution in [2.24, 2.45) is 0 Å². The van der Waals surface area contributed by atoms with Gasteiger partial charge in [-0.2, -0.15) is 0 Å². The van der Waals surface area contributed by atoms with Crippen LogP contribution in [0, 0.1) is 6.92 Å². The Labute approximate surface area is 231 Å². The van der Waals surface area contributed by atoms with Crippen molar-refractivity contribution in [3.05, 3.63) is 95.7 Å². The monoisotopic (exact) mass is 522 g/mol. The number of hydrogen-bond donors (Lipinski definition) is 1. The van der Waals surface area contributed by atoms with Crippen molar-refractivity contribution in [1.29, 1.82) is 0 Å². The van der Waals surface area contributed by atoms with E-state index >= 15 is 0 Å². The molecule has 0 radical (unpaired) electrons. The lowest BCUT2D eigenvalue weighted by Crippen LogP contribution is -2.28. The van der Waals surface area contributed by atoms with Gasteiger partial charge in [0, 0.05) is 11.6 Å². The third kappa shape index (κ3) is 5.49. The van der Waals surface area contributed by atoms with Gasteiger partial charge in [-0.25, -0.2) is 0 Å². The molecule has 1 unspecified atom stereocenters. The molecule has 4 aromatic rings. The molecule has 1 N–H and O–H groups in total. The van der Waals surface area contributed by atoms with Crippen LogP contribution in [-0.2, 0) is 20.4 Å². The number of nitrogens with one attached hydrogen (secondary N) is 1. The van der Waals surface area contributed by atoms with Crippen LogP contribution >= 0.6 is 0 Å². The van der Waals surface area contributed by atoms with Crippen LogP contribution < -0.4 is 5.32 Å². The van der Waals surface area contributed by atoms with E-state index in [2.05, 4.69) is 110 Å². The first kappa shape index (κ1) is 26.7. The number of benzene rings is 3. The standard InChI is InChI=1S/C34H38N2O3/c1-6-38-32(37)34(20-21-34)29-18-16-26(17-19-29)25-12-14-27(15-13-25)31-30(24(3)36-39-31)35-23(2)22-33(4,5)28-10-8-7-9-11-28/h7-19,23,35H,6,20-22H2,1-5H3. The van der Waals surface area contributed by atoms with Gasteiger partial charge in [-0.1, -0.05) is 97.9 Å². The highest BCUT2D eigenvalue weighted by Crippen LogP contribution is 2.49. The van der Waals surface area contributed by atoms with Crippen LogP contribution in [0.4, 0.5) is 5.69 Å². The molecule has 1 aliphatic carbocycles. The molecule has 1 aromatic heterocycles. The summed E-state index contributed by atoms with van der Waals surface area (Å²) in [6.07, 6.45) is 2.68. The SMILES string of the molecule is CCOC(=O)C1(c2ccc(-c3ccc(-c4onc(C)c4NC(C)CC(C)(C)c4ccccc4)cc3)cc2)CC1. The summed E-state index contributed by atoms with van der Waals surface area (Å²) >= 11 is 0. The highest BCUT2D eigenvalue weighted by molar-refractivity contribution is 5.87.